The number of carbonyl (C=O) groups excluding carboxylic acids is 1. The van der Waals surface area contributed by atoms with E-state index in [0.717, 1.165) is 32.4 Å². The summed E-state index contributed by atoms with van der Waals surface area (Å²) >= 11 is 6.56. The predicted molar refractivity (Wildman–Crippen MR) is 134 cm³/mol. The van der Waals surface area contributed by atoms with Crippen molar-refractivity contribution < 1.29 is 13.6 Å². The Kier molecular flexibility index (Phi) is 6.52. The van der Waals surface area contributed by atoms with Crippen LogP contribution in [0.2, 0.25) is 0 Å². The Hall–Kier alpha value is -3.35. The van der Waals surface area contributed by atoms with Crippen molar-refractivity contribution in [3.63, 3.8) is 0 Å². The Labute approximate surface area is 207 Å². The molecule has 2 aliphatic rings. The van der Waals surface area contributed by atoms with E-state index in [2.05, 4.69) is 40.2 Å². The highest BCUT2D eigenvalue weighted by atomic mass is 32.2. The van der Waals surface area contributed by atoms with Crippen LogP contribution in [0.15, 0.2) is 62.5 Å². The van der Waals surface area contributed by atoms with Gasteiger partial charge in [0.1, 0.15) is 16.2 Å². The van der Waals surface area contributed by atoms with E-state index in [1.54, 1.807) is 24.5 Å². The van der Waals surface area contributed by atoms with Gasteiger partial charge < -0.3 is 13.7 Å². The van der Waals surface area contributed by atoms with Gasteiger partial charge in [-0.1, -0.05) is 54.3 Å². The summed E-state index contributed by atoms with van der Waals surface area (Å²) < 4.78 is 11.7. The zero-order chi connectivity index (χ0) is 23.5. The molecule has 0 atom stereocenters. The number of amides is 1. The zero-order valence-electron chi connectivity index (χ0n) is 18.3. The van der Waals surface area contributed by atoms with E-state index in [9.17, 15) is 10.1 Å². The van der Waals surface area contributed by atoms with Crippen LogP contribution in [-0.2, 0) is 17.8 Å². The second-order valence-electron chi connectivity index (χ2n) is 8.29. The Balaban J connectivity index is 1.27. The lowest BCUT2D eigenvalue weighted by molar-refractivity contribution is -0.122. The minimum Gasteiger partial charge on any atom is -0.467 e. The molecule has 172 valence electrons. The third-order valence-electron chi connectivity index (χ3n) is 6.02. The Bertz CT molecular complexity index is 1250. The van der Waals surface area contributed by atoms with Gasteiger partial charge in [-0.15, -0.1) is 0 Å². The number of nitriles is 1. The zero-order valence-corrected chi connectivity index (χ0v) is 20.0. The molecule has 1 amide bonds. The van der Waals surface area contributed by atoms with Crippen molar-refractivity contribution in [1.82, 2.24) is 9.88 Å². The highest BCUT2D eigenvalue weighted by Crippen LogP contribution is 2.35. The van der Waals surface area contributed by atoms with Crippen LogP contribution in [0.3, 0.4) is 0 Å². The van der Waals surface area contributed by atoms with Crippen LogP contribution < -0.4 is 4.90 Å². The number of hydrogen-bond acceptors (Lipinski definition) is 8. The summed E-state index contributed by atoms with van der Waals surface area (Å²) in [5.41, 5.74) is 1.59. The third kappa shape index (κ3) is 4.79. The van der Waals surface area contributed by atoms with E-state index >= 15 is 0 Å². The summed E-state index contributed by atoms with van der Waals surface area (Å²) in [5, 5.41) is 9.62. The van der Waals surface area contributed by atoms with Crippen LogP contribution in [0, 0.1) is 17.2 Å². The van der Waals surface area contributed by atoms with E-state index in [1.807, 2.05) is 6.07 Å². The van der Waals surface area contributed by atoms with E-state index in [-0.39, 0.29) is 24.0 Å². The van der Waals surface area contributed by atoms with Gasteiger partial charge in [-0.2, -0.15) is 10.2 Å². The molecule has 1 aromatic carbocycles. The average Bonchev–Trinajstić information content (AvgIpc) is 3.57. The molecule has 0 radical (unpaired) electrons. The number of thioether (sulfide) groups is 1. The maximum Gasteiger partial charge on any atom is 0.266 e. The summed E-state index contributed by atoms with van der Waals surface area (Å²) in [7, 11) is 0. The van der Waals surface area contributed by atoms with Gasteiger partial charge in [-0.3, -0.25) is 9.69 Å². The van der Waals surface area contributed by atoms with Crippen LogP contribution in [0.25, 0.3) is 6.08 Å². The van der Waals surface area contributed by atoms with Crippen LogP contribution in [0.5, 0.6) is 0 Å². The van der Waals surface area contributed by atoms with E-state index in [0.29, 0.717) is 26.8 Å². The van der Waals surface area contributed by atoms with E-state index in [4.69, 9.17) is 21.1 Å². The lowest BCUT2D eigenvalue weighted by atomic mass is 9.90. The normalized spacial score (nSPS) is 18.1. The number of benzene rings is 1. The second-order valence-corrected chi connectivity index (χ2v) is 9.96. The Morgan fingerprint density at radius 3 is 2.71 bits per heavy atom. The van der Waals surface area contributed by atoms with Gasteiger partial charge in [0.2, 0.25) is 17.5 Å². The number of nitrogens with zero attached hydrogens (tertiary/aromatic N) is 4. The van der Waals surface area contributed by atoms with Gasteiger partial charge in [-0.05, 0) is 42.9 Å². The molecular formula is C25H22N4O3S2. The lowest BCUT2D eigenvalue weighted by Gasteiger charge is -2.31. The summed E-state index contributed by atoms with van der Waals surface area (Å²) in [6.07, 6.45) is 6.21. The molecule has 5 rings (SSSR count). The number of carbonyl (C=O) groups is 1. The molecule has 0 bridgehead atoms. The number of piperidine rings is 1. The minimum absolute atomic E-state index is 0.230. The van der Waals surface area contributed by atoms with Crippen molar-refractivity contribution in [1.29, 1.82) is 5.26 Å². The van der Waals surface area contributed by atoms with Gasteiger partial charge in [0.25, 0.3) is 5.91 Å². The van der Waals surface area contributed by atoms with Gasteiger partial charge >= 0.3 is 0 Å². The van der Waals surface area contributed by atoms with Crippen LogP contribution in [0.4, 0.5) is 5.88 Å². The first-order chi connectivity index (χ1) is 16.6. The second kappa shape index (κ2) is 9.87. The van der Waals surface area contributed by atoms with Crippen molar-refractivity contribution in [3.05, 3.63) is 76.5 Å². The smallest absolute Gasteiger partial charge is 0.266 e. The highest BCUT2D eigenvalue weighted by molar-refractivity contribution is 8.26. The Morgan fingerprint density at radius 2 is 2.00 bits per heavy atom. The topological polar surface area (TPSA) is 86.5 Å². The molecule has 3 aromatic rings. The molecule has 2 aromatic heterocycles. The number of anilines is 1. The SMILES string of the molecule is N#Cc1nc(/C=C2/SC(=S)N(Cc3ccco3)C2=O)oc1N1CCC(Cc2ccccc2)CC1. The number of rotatable bonds is 6. The van der Waals surface area contributed by atoms with Crippen molar-refractivity contribution >= 4 is 46.2 Å². The minimum atomic E-state index is -0.230. The molecule has 0 spiro atoms. The maximum absolute atomic E-state index is 12.9. The number of thiocarbonyl (C=S) groups is 1. The predicted octanol–water partition coefficient (Wildman–Crippen LogP) is 5.00. The summed E-state index contributed by atoms with van der Waals surface area (Å²) in [4.78, 5) is 21.2. The molecule has 34 heavy (non-hydrogen) atoms. The molecule has 4 heterocycles. The maximum atomic E-state index is 12.9. The van der Waals surface area contributed by atoms with E-state index < -0.39 is 0 Å². The molecule has 0 saturated carbocycles. The van der Waals surface area contributed by atoms with Gasteiger partial charge in [-0.25, -0.2) is 0 Å². The van der Waals surface area contributed by atoms with Crippen molar-refractivity contribution in [2.45, 2.75) is 25.8 Å². The number of aromatic nitrogens is 1. The number of furan rings is 1. The molecule has 0 unspecified atom stereocenters. The number of hydrogen-bond donors (Lipinski definition) is 0. The quantitative estimate of drug-likeness (QED) is 0.352. The fraction of sp³-hybridized carbons (Fsp3) is 0.280. The fourth-order valence-corrected chi connectivity index (χ4v) is 5.49. The standard InChI is InChI=1S/C25H22N4O3S2/c26-15-20-24(28-10-8-18(9-11-28)13-17-5-2-1-3-6-17)32-22(27-20)14-21-23(30)29(25(33)34-21)16-19-7-4-12-31-19/h1-7,12,14,18H,8-11,13,16H2/b21-14+. The summed E-state index contributed by atoms with van der Waals surface area (Å²) in [5.74, 6) is 1.72. The molecule has 0 aliphatic carbocycles. The monoisotopic (exact) mass is 490 g/mol. The molecule has 7 nitrogen and oxygen atoms in total. The summed E-state index contributed by atoms with van der Waals surface area (Å²) in [6, 6.07) is 16.2. The van der Waals surface area contributed by atoms with Crippen LogP contribution >= 0.6 is 24.0 Å². The molecule has 2 fully saturated rings. The van der Waals surface area contributed by atoms with E-state index in [1.165, 1.54) is 22.2 Å². The van der Waals surface area contributed by atoms with Crippen molar-refractivity contribution in [3.8, 4) is 6.07 Å². The van der Waals surface area contributed by atoms with Crippen LogP contribution in [-0.4, -0.2) is 33.2 Å². The molecule has 9 heteroatoms. The average molecular weight is 491 g/mol. The lowest BCUT2D eigenvalue weighted by Crippen LogP contribution is -2.34. The molecule has 2 saturated heterocycles. The first-order valence-electron chi connectivity index (χ1n) is 11.1. The van der Waals surface area contributed by atoms with Crippen molar-refractivity contribution in [2.75, 3.05) is 18.0 Å². The largest absolute Gasteiger partial charge is 0.467 e. The molecular weight excluding hydrogens is 468 g/mol. The Morgan fingerprint density at radius 1 is 1.21 bits per heavy atom. The summed E-state index contributed by atoms with van der Waals surface area (Å²) in [6.45, 7) is 1.87. The van der Waals surface area contributed by atoms with Gasteiger partial charge in [0.15, 0.2) is 0 Å². The third-order valence-corrected chi connectivity index (χ3v) is 7.40. The van der Waals surface area contributed by atoms with Gasteiger partial charge in [0, 0.05) is 19.2 Å². The number of oxazole rings is 1. The molecule has 0 N–H and O–H groups in total. The van der Waals surface area contributed by atoms with Gasteiger partial charge in [0.05, 0.1) is 17.7 Å². The van der Waals surface area contributed by atoms with Crippen molar-refractivity contribution in [2.24, 2.45) is 5.92 Å². The fourth-order valence-electron chi connectivity index (χ4n) is 4.27. The highest BCUT2D eigenvalue weighted by Gasteiger charge is 2.33. The first kappa shape index (κ1) is 22.4. The molecule has 2 aliphatic heterocycles. The van der Waals surface area contributed by atoms with Crippen LogP contribution in [0.1, 0.15) is 35.7 Å². The first-order valence-corrected chi connectivity index (χ1v) is 12.3.